The van der Waals surface area contributed by atoms with Gasteiger partial charge in [-0.15, -0.1) is 0 Å². The van der Waals surface area contributed by atoms with Gasteiger partial charge in [0.25, 0.3) is 0 Å². The van der Waals surface area contributed by atoms with E-state index in [2.05, 4.69) is 39.9 Å². The summed E-state index contributed by atoms with van der Waals surface area (Å²) < 4.78 is 5.69. The molecular weight excluding hydrogens is 202 g/mol. The Morgan fingerprint density at radius 3 is 2.19 bits per heavy atom. The Morgan fingerprint density at radius 1 is 1.25 bits per heavy atom. The molecule has 0 aromatic carbocycles. The van der Waals surface area contributed by atoms with Crippen molar-refractivity contribution in [1.82, 2.24) is 5.32 Å². The molecule has 0 spiro atoms. The van der Waals surface area contributed by atoms with Crippen LogP contribution in [0, 0.1) is 5.41 Å². The van der Waals surface area contributed by atoms with Gasteiger partial charge in [0, 0.05) is 12.6 Å². The molecule has 1 saturated heterocycles. The van der Waals surface area contributed by atoms with Gasteiger partial charge in [-0.1, -0.05) is 20.8 Å². The first-order valence-electron chi connectivity index (χ1n) is 6.36. The minimum atomic E-state index is -0.291. The van der Waals surface area contributed by atoms with E-state index in [1.807, 2.05) is 0 Å². The summed E-state index contributed by atoms with van der Waals surface area (Å²) in [7, 11) is 0. The number of aliphatic hydroxyl groups is 1. The fourth-order valence-corrected chi connectivity index (χ4v) is 2.16. The number of aliphatic hydroxyl groups excluding tert-OH is 1. The fourth-order valence-electron chi connectivity index (χ4n) is 2.16. The lowest BCUT2D eigenvalue weighted by Crippen LogP contribution is -2.46. The van der Waals surface area contributed by atoms with E-state index in [0.717, 1.165) is 12.8 Å². The van der Waals surface area contributed by atoms with Crippen molar-refractivity contribution in [1.29, 1.82) is 0 Å². The normalized spacial score (nSPS) is 33.8. The van der Waals surface area contributed by atoms with Gasteiger partial charge in [0.1, 0.15) is 0 Å². The predicted octanol–water partition coefficient (Wildman–Crippen LogP) is 1.94. The summed E-state index contributed by atoms with van der Waals surface area (Å²) in [5, 5.41) is 13.4. The van der Waals surface area contributed by atoms with Gasteiger partial charge in [0.2, 0.25) is 0 Å². The van der Waals surface area contributed by atoms with E-state index in [4.69, 9.17) is 4.74 Å². The van der Waals surface area contributed by atoms with E-state index >= 15 is 0 Å². The lowest BCUT2D eigenvalue weighted by Gasteiger charge is -2.34. The quantitative estimate of drug-likeness (QED) is 0.777. The number of nitrogens with one attached hydrogen (secondary N) is 1. The molecule has 96 valence electrons. The zero-order chi connectivity index (χ0) is 12.3. The van der Waals surface area contributed by atoms with Crippen molar-refractivity contribution in [3.8, 4) is 0 Å². The van der Waals surface area contributed by atoms with E-state index in [0.29, 0.717) is 24.8 Å². The Kier molecular flexibility index (Phi) is 4.77. The number of rotatable bonds is 3. The van der Waals surface area contributed by atoms with E-state index < -0.39 is 0 Å². The molecule has 0 saturated carbocycles. The largest absolute Gasteiger partial charge is 0.391 e. The van der Waals surface area contributed by atoms with Gasteiger partial charge in [0.05, 0.1) is 18.3 Å². The second kappa shape index (κ2) is 5.48. The van der Waals surface area contributed by atoms with Crippen molar-refractivity contribution >= 4 is 0 Å². The first-order valence-corrected chi connectivity index (χ1v) is 6.36. The summed E-state index contributed by atoms with van der Waals surface area (Å²) in [6.07, 6.45) is 2.45. The average molecular weight is 229 g/mol. The van der Waals surface area contributed by atoms with E-state index in [9.17, 15) is 5.11 Å². The van der Waals surface area contributed by atoms with Crippen LogP contribution < -0.4 is 5.32 Å². The molecule has 3 heteroatoms. The van der Waals surface area contributed by atoms with Crippen LogP contribution in [-0.4, -0.2) is 36.0 Å². The highest BCUT2D eigenvalue weighted by molar-refractivity contribution is 4.82. The summed E-state index contributed by atoms with van der Waals surface area (Å²) in [6.45, 7) is 11.1. The number of ether oxygens (including phenoxy) is 1. The van der Waals surface area contributed by atoms with Gasteiger partial charge in [-0.05, 0) is 32.1 Å². The molecule has 1 heterocycles. The maximum atomic E-state index is 9.95. The molecule has 0 radical (unpaired) electrons. The van der Waals surface area contributed by atoms with Crippen molar-refractivity contribution in [2.24, 2.45) is 5.41 Å². The lowest BCUT2D eigenvalue weighted by atomic mass is 9.88. The van der Waals surface area contributed by atoms with Crippen LogP contribution in [-0.2, 0) is 4.74 Å². The molecule has 0 aromatic rings. The molecule has 2 N–H and O–H groups in total. The topological polar surface area (TPSA) is 41.5 Å². The molecular formula is C13H27NO2. The number of hydrogen-bond acceptors (Lipinski definition) is 3. The summed E-state index contributed by atoms with van der Waals surface area (Å²) in [5.74, 6) is 0. The van der Waals surface area contributed by atoms with Crippen molar-refractivity contribution in [2.45, 2.75) is 71.8 Å². The smallest absolute Gasteiger partial charge is 0.0712 e. The van der Waals surface area contributed by atoms with Crippen LogP contribution >= 0.6 is 0 Å². The molecule has 1 fully saturated rings. The number of hydrogen-bond donors (Lipinski definition) is 2. The predicted molar refractivity (Wildman–Crippen MR) is 66.5 cm³/mol. The van der Waals surface area contributed by atoms with Gasteiger partial charge in [-0.25, -0.2) is 0 Å². The van der Waals surface area contributed by atoms with Gasteiger partial charge in [-0.2, -0.15) is 0 Å². The van der Waals surface area contributed by atoms with Crippen molar-refractivity contribution in [3.05, 3.63) is 0 Å². The monoisotopic (exact) mass is 229 g/mol. The zero-order valence-electron chi connectivity index (χ0n) is 11.3. The third kappa shape index (κ3) is 4.40. The summed E-state index contributed by atoms with van der Waals surface area (Å²) in [4.78, 5) is 0. The standard InChI is InChI=1S/C13H27NO2/c1-9-6-11(7-10(2)16-9)14-8-12(15)13(3,4)5/h9-12,14-15H,6-8H2,1-5H3. The summed E-state index contributed by atoms with van der Waals surface area (Å²) >= 11 is 0. The van der Waals surface area contributed by atoms with Crippen LogP contribution in [0.2, 0.25) is 0 Å². The molecule has 0 bridgehead atoms. The van der Waals surface area contributed by atoms with Gasteiger partial charge >= 0.3 is 0 Å². The van der Waals surface area contributed by atoms with Gasteiger partial charge in [0.15, 0.2) is 0 Å². The van der Waals surface area contributed by atoms with Crippen LogP contribution in [0.3, 0.4) is 0 Å². The van der Waals surface area contributed by atoms with Crippen LogP contribution in [0.4, 0.5) is 0 Å². The Morgan fingerprint density at radius 2 is 1.75 bits per heavy atom. The van der Waals surface area contributed by atoms with E-state index in [1.165, 1.54) is 0 Å². The molecule has 3 unspecified atom stereocenters. The Balaban J connectivity index is 2.32. The van der Waals surface area contributed by atoms with Crippen LogP contribution in [0.5, 0.6) is 0 Å². The third-order valence-corrected chi connectivity index (χ3v) is 3.30. The maximum Gasteiger partial charge on any atom is 0.0712 e. The van der Waals surface area contributed by atoms with Crippen molar-refractivity contribution in [2.75, 3.05) is 6.54 Å². The van der Waals surface area contributed by atoms with E-state index in [-0.39, 0.29) is 11.5 Å². The van der Waals surface area contributed by atoms with Crippen molar-refractivity contribution < 1.29 is 9.84 Å². The van der Waals surface area contributed by atoms with Crippen LogP contribution in [0.25, 0.3) is 0 Å². The van der Waals surface area contributed by atoms with Gasteiger partial charge < -0.3 is 15.2 Å². The highest BCUT2D eigenvalue weighted by Crippen LogP contribution is 2.21. The Hall–Kier alpha value is -0.120. The molecule has 16 heavy (non-hydrogen) atoms. The highest BCUT2D eigenvalue weighted by atomic mass is 16.5. The highest BCUT2D eigenvalue weighted by Gasteiger charge is 2.27. The molecule has 1 aliphatic rings. The minimum absolute atomic E-state index is 0.0462. The average Bonchev–Trinajstić information content (AvgIpc) is 2.11. The maximum absolute atomic E-state index is 9.95. The Bertz CT molecular complexity index is 202. The molecule has 0 amide bonds. The van der Waals surface area contributed by atoms with E-state index in [1.54, 1.807) is 0 Å². The molecule has 1 aliphatic heterocycles. The summed E-state index contributed by atoms with van der Waals surface area (Å²) in [5.41, 5.74) is -0.0462. The third-order valence-electron chi connectivity index (χ3n) is 3.30. The summed E-state index contributed by atoms with van der Waals surface area (Å²) in [6, 6.07) is 0.482. The van der Waals surface area contributed by atoms with Crippen LogP contribution in [0.1, 0.15) is 47.5 Å². The van der Waals surface area contributed by atoms with Crippen molar-refractivity contribution in [3.63, 3.8) is 0 Å². The first-order chi connectivity index (χ1) is 7.29. The second-order valence-electron chi connectivity index (χ2n) is 6.22. The Labute approximate surface area is 99.6 Å². The molecule has 0 aromatic heterocycles. The zero-order valence-corrected chi connectivity index (χ0v) is 11.3. The fraction of sp³-hybridized carbons (Fsp3) is 1.00. The minimum Gasteiger partial charge on any atom is -0.391 e. The second-order valence-corrected chi connectivity index (χ2v) is 6.22. The molecule has 1 rings (SSSR count). The molecule has 3 nitrogen and oxygen atoms in total. The van der Waals surface area contributed by atoms with Gasteiger partial charge in [-0.3, -0.25) is 0 Å². The SMILES string of the molecule is CC1CC(NCC(O)C(C)(C)C)CC(C)O1. The molecule has 0 aliphatic carbocycles. The lowest BCUT2D eigenvalue weighted by molar-refractivity contribution is -0.0450. The first kappa shape index (κ1) is 13.9. The molecule has 3 atom stereocenters. The van der Waals surface area contributed by atoms with Crippen LogP contribution in [0.15, 0.2) is 0 Å².